The van der Waals surface area contributed by atoms with Gasteiger partial charge in [-0.2, -0.15) is 13.2 Å². The van der Waals surface area contributed by atoms with Crippen LogP contribution in [0.4, 0.5) is 18.9 Å². The number of amides is 1. The molecular weight excluding hydrogens is 416 g/mol. The third-order valence-electron chi connectivity index (χ3n) is 5.15. The van der Waals surface area contributed by atoms with Gasteiger partial charge in [0, 0.05) is 57.5 Å². The van der Waals surface area contributed by atoms with Crippen molar-refractivity contribution in [3.63, 3.8) is 0 Å². The highest BCUT2D eigenvalue weighted by Gasteiger charge is 2.31. The van der Waals surface area contributed by atoms with Crippen molar-refractivity contribution in [2.24, 2.45) is 0 Å². The van der Waals surface area contributed by atoms with E-state index in [1.54, 1.807) is 6.07 Å². The van der Waals surface area contributed by atoms with Gasteiger partial charge in [-0.3, -0.25) is 9.69 Å². The number of nitrogens with zero attached hydrogens (tertiary/aromatic N) is 3. The molecule has 0 bridgehead atoms. The topological polar surface area (TPSA) is 38.8 Å². The summed E-state index contributed by atoms with van der Waals surface area (Å²) in [6.07, 6.45) is -4.34. The third kappa shape index (κ3) is 6.14. The minimum Gasteiger partial charge on any atom is -0.368 e. The Labute approximate surface area is 176 Å². The van der Waals surface area contributed by atoms with Crippen LogP contribution < -0.4 is 10.2 Å². The number of carbonyl (C=O) groups is 1. The lowest BCUT2D eigenvalue weighted by molar-refractivity contribution is -0.137. The average molecular weight is 443 g/mol. The highest BCUT2D eigenvalue weighted by Crippen LogP contribution is 2.31. The standard InChI is InChI=1S/C18H25F3N4O.2ClH/c1-14-12-22-5-6-25(14)13-17(26)24-9-7-23(8-10-24)16-4-2-3-15(11-16)18(19,20)21;;/h2-4,11,14,22H,5-10,12-13H2,1H3;2*1H/t14-;;/m1../s1. The van der Waals surface area contributed by atoms with E-state index >= 15 is 0 Å². The molecule has 1 N–H and O–H groups in total. The van der Waals surface area contributed by atoms with Crippen LogP contribution in [0.3, 0.4) is 0 Å². The SMILES string of the molecule is C[C@@H]1CNCCN1CC(=O)N1CCN(c2cccc(C(F)(F)F)c2)CC1.Cl.Cl. The molecule has 0 unspecified atom stereocenters. The number of piperazine rings is 2. The molecule has 0 radical (unpaired) electrons. The first-order valence-electron chi connectivity index (χ1n) is 8.99. The summed E-state index contributed by atoms with van der Waals surface area (Å²) in [6.45, 7) is 7.31. The lowest BCUT2D eigenvalue weighted by atomic mass is 10.1. The van der Waals surface area contributed by atoms with E-state index in [-0.39, 0.29) is 30.7 Å². The van der Waals surface area contributed by atoms with Crippen molar-refractivity contribution in [1.82, 2.24) is 15.1 Å². The monoisotopic (exact) mass is 442 g/mol. The summed E-state index contributed by atoms with van der Waals surface area (Å²) in [4.78, 5) is 18.4. The fourth-order valence-electron chi connectivity index (χ4n) is 3.48. The van der Waals surface area contributed by atoms with E-state index in [0.29, 0.717) is 44.5 Å². The molecule has 2 heterocycles. The molecule has 2 fully saturated rings. The maximum absolute atomic E-state index is 12.9. The first kappa shape index (κ1) is 24.8. The van der Waals surface area contributed by atoms with Crippen LogP contribution in [-0.2, 0) is 11.0 Å². The van der Waals surface area contributed by atoms with Crippen LogP contribution in [0.25, 0.3) is 0 Å². The van der Waals surface area contributed by atoms with Crippen LogP contribution in [-0.4, -0.2) is 74.1 Å². The summed E-state index contributed by atoms with van der Waals surface area (Å²) >= 11 is 0. The van der Waals surface area contributed by atoms with Gasteiger partial charge in [0.1, 0.15) is 0 Å². The van der Waals surface area contributed by atoms with Gasteiger partial charge in [-0.25, -0.2) is 0 Å². The van der Waals surface area contributed by atoms with E-state index in [4.69, 9.17) is 0 Å². The van der Waals surface area contributed by atoms with Gasteiger partial charge in [0.05, 0.1) is 12.1 Å². The second-order valence-corrected chi connectivity index (χ2v) is 6.94. The predicted octanol–water partition coefficient (Wildman–Crippen LogP) is 2.49. The van der Waals surface area contributed by atoms with E-state index in [2.05, 4.69) is 17.1 Å². The molecule has 1 amide bonds. The van der Waals surface area contributed by atoms with Gasteiger partial charge in [0.25, 0.3) is 0 Å². The van der Waals surface area contributed by atoms with Crippen LogP contribution >= 0.6 is 24.8 Å². The van der Waals surface area contributed by atoms with Crippen molar-refractivity contribution in [2.45, 2.75) is 19.1 Å². The largest absolute Gasteiger partial charge is 0.416 e. The van der Waals surface area contributed by atoms with Crippen LogP contribution in [0.15, 0.2) is 24.3 Å². The summed E-state index contributed by atoms with van der Waals surface area (Å²) in [5.74, 6) is 0.0995. The molecule has 3 rings (SSSR count). The van der Waals surface area contributed by atoms with Crippen molar-refractivity contribution in [2.75, 3.05) is 57.3 Å². The first-order valence-corrected chi connectivity index (χ1v) is 8.99. The number of halogens is 5. The number of hydrogen-bond donors (Lipinski definition) is 1. The molecule has 2 aliphatic heterocycles. The normalized spacial score (nSPS) is 20.9. The maximum Gasteiger partial charge on any atom is 0.416 e. The number of carbonyl (C=O) groups excluding carboxylic acids is 1. The Morgan fingerprint density at radius 3 is 2.43 bits per heavy atom. The lowest BCUT2D eigenvalue weighted by Gasteiger charge is -2.39. The molecule has 1 aromatic carbocycles. The molecule has 10 heteroatoms. The number of hydrogen-bond acceptors (Lipinski definition) is 4. The highest BCUT2D eigenvalue weighted by atomic mass is 35.5. The molecule has 0 aromatic heterocycles. The van der Waals surface area contributed by atoms with Gasteiger partial charge in [-0.15, -0.1) is 24.8 Å². The molecule has 0 spiro atoms. The van der Waals surface area contributed by atoms with Gasteiger partial charge in [0.15, 0.2) is 0 Å². The molecule has 1 atom stereocenters. The van der Waals surface area contributed by atoms with E-state index < -0.39 is 11.7 Å². The van der Waals surface area contributed by atoms with Crippen molar-refractivity contribution in [3.8, 4) is 0 Å². The Bertz CT molecular complexity index is 640. The van der Waals surface area contributed by atoms with Crippen molar-refractivity contribution < 1.29 is 18.0 Å². The van der Waals surface area contributed by atoms with E-state index in [1.807, 2.05) is 9.80 Å². The Balaban J connectivity index is 0.00000196. The maximum atomic E-state index is 12.9. The van der Waals surface area contributed by atoms with Gasteiger partial charge >= 0.3 is 6.18 Å². The molecule has 5 nitrogen and oxygen atoms in total. The smallest absolute Gasteiger partial charge is 0.368 e. The van der Waals surface area contributed by atoms with Crippen LogP contribution in [0, 0.1) is 0 Å². The van der Waals surface area contributed by atoms with Gasteiger partial charge in [-0.1, -0.05) is 6.07 Å². The molecule has 2 aliphatic rings. The van der Waals surface area contributed by atoms with E-state index in [9.17, 15) is 18.0 Å². The number of nitrogens with one attached hydrogen (secondary N) is 1. The Hall–Kier alpha value is -1.22. The van der Waals surface area contributed by atoms with Crippen LogP contribution in [0.2, 0.25) is 0 Å². The fraction of sp³-hybridized carbons (Fsp3) is 0.611. The van der Waals surface area contributed by atoms with E-state index in [0.717, 1.165) is 25.7 Å². The van der Waals surface area contributed by atoms with Gasteiger partial charge < -0.3 is 15.1 Å². The summed E-state index contributed by atoms with van der Waals surface area (Å²) in [7, 11) is 0. The quantitative estimate of drug-likeness (QED) is 0.780. The summed E-state index contributed by atoms with van der Waals surface area (Å²) in [5.41, 5.74) is -0.0798. The highest BCUT2D eigenvalue weighted by molar-refractivity contribution is 5.85. The number of rotatable bonds is 3. The Morgan fingerprint density at radius 1 is 1.14 bits per heavy atom. The molecule has 160 valence electrons. The molecule has 1 aromatic rings. The summed E-state index contributed by atoms with van der Waals surface area (Å²) in [5, 5.41) is 3.30. The molecular formula is C18H27Cl2F3N4O. The minimum absolute atomic E-state index is 0. The van der Waals surface area contributed by atoms with Crippen molar-refractivity contribution in [3.05, 3.63) is 29.8 Å². The molecule has 28 heavy (non-hydrogen) atoms. The minimum atomic E-state index is -4.34. The summed E-state index contributed by atoms with van der Waals surface area (Å²) < 4.78 is 38.6. The van der Waals surface area contributed by atoms with Crippen molar-refractivity contribution >= 4 is 36.4 Å². The molecule has 0 aliphatic carbocycles. The first-order chi connectivity index (χ1) is 12.3. The zero-order valence-electron chi connectivity index (χ0n) is 15.7. The zero-order chi connectivity index (χ0) is 18.7. The molecule has 0 saturated carbocycles. The number of alkyl halides is 3. The number of anilines is 1. The Morgan fingerprint density at radius 2 is 1.82 bits per heavy atom. The van der Waals surface area contributed by atoms with Crippen LogP contribution in [0.5, 0.6) is 0 Å². The second-order valence-electron chi connectivity index (χ2n) is 6.94. The fourth-order valence-corrected chi connectivity index (χ4v) is 3.48. The zero-order valence-corrected chi connectivity index (χ0v) is 17.4. The van der Waals surface area contributed by atoms with E-state index in [1.165, 1.54) is 12.1 Å². The third-order valence-corrected chi connectivity index (χ3v) is 5.15. The van der Waals surface area contributed by atoms with Crippen LogP contribution in [0.1, 0.15) is 12.5 Å². The van der Waals surface area contributed by atoms with Crippen molar-refractivity contribution in [1.29, 1.82) is 0 Å². The summed E-state index contributed by atoms with van der Waals surface area (Å²) in [6, 6.07) is 5.72. The predicted molar refractivity (Wildman–Crippen MR) is 109 cm³/mol. The van der Waals surface area contributed by atoms with Gasteiger partial charge in [-0.05, 0) is 25.1 Å². The molecule has 2 saturated heterocycles. The second kappa shape index (κ2) is 10.5. The lowest BCUT2D eigenvalue weighted by Crippen LogP contribution is -2.55. The average Bonchev–Trinajstić information content (AvgIpc) is 2.63. The number of benzene rings is 1. The van der Waals surface area contributed by atoms with Gasteiger partial charge in [0.2, 0.25) is 5.91 Å². The Kier molecular flexibility index (Phi) is 9.33.